The smallest absolute Gasteiger partial charge is 0.119 e. The number of hydrogen-bond acceptors (Lipinski definition) is 3. The first kappa shape index (κ1) is 23.1. The highest BCUT2D eigenvalue weighted by Gasteiger charge is 2.21. The molecule has 4 rings (SSSR count). The number of ether oxygens (including phenoxy) is 1. The van der Waals surface area contributed by atoms with E-state index in [4.69, 9.17) is 4.74 Å². The van der Waals surface area contributed by atoms with Crippen LogP contribution >= 0.6 is 0 Å². The van der Waals surface area contributed by atoms with E-state index >= 15 is 0 Å². The van der Waals surface area contributed by atoms with E-state index in [0.29, 0.717) is 6.61 Å². The van der Waals surface area contributed by atoms with Crippen LogP contribution in [0.1, 0.15) is 36.5 Å². The van der Waals surface area contributed by atoms with E-state index < -0.39 is 0 Å². The average Bonchev–Trinajstić information content (AvgIpc) is 3.32. The molecule has 3 nitrogen and oxygen atoms in total. The van der Waals surface area contributed by atoms with Crippen molar-refractivity contribution < 1.29 is 14.2 Å². The Kier molecular flexibility index (Phi) is 7.79. The van der Waals surface area contributed by atoms with Crippen LogP contribution in [-0.2, 0) is 0 Å². The quantitative estimate of drug-likeness (QED) is 0.385. The van der Waals surface area contributed by atoms with Gasteiger partial charge in [0.15, 0.2) is 0 Å². The molecule has 0 bridgehead atoms. The molecule has 1 fully saturated rings. The van der Waals surface area contributed by atoms with Crippen molar-refractivity contribution in [3.63, 3.8) is 0 Å². The summed E-state index contributed by atoms with van der Waals surface area (Å²) in [5, 5.41) is 9.79. The van der Waals surface area contributed by atoms with Crippen LogP contribution in [0.15, 0.2) is 78.9 Å². The lowest BCUT2D eigenvalue weighted by atomic mass is 9.88. The summed E-state index contributed by atoms with van der Waals surface area (Å²) in [4.78, 5) is 2.28. The van der Waals surface area contributed by atoms with Crippen LogP contribution in [0.25, 0.3) is 11.1 Å². The lowest BCUT2D eigenvalue weighted by Crippen LogP contribution is -2.26. The molecule has 0 aromatic heterocycles. The van der Waals surface area contributed by atoms with Crippen LogP contribution in [0.5, 0.6) is 11.5 Å². The fourth-order valence-corrected chi connectivity index (χ4v) is 4.56. The van der Waals surface area contributed by atoms with Gasteiger partial charge in [-0.25, -0.2) is 0 Å². The van der Waals surface area contributed by atoms with Crippen LogP contribution < -0.4 is 4.74 Å². The van der Waals surface area contributed by atoms with Gasteiger partial charge in [-0.3, -0.25) is 9.29 Å². The maximum Gasteiger partial charge on any atom is 0.119 e. The number of alkyl halides is 1. The molecule has 0 saturated carbocycles. The summed E-state index contributed by atoms with van der Waals surface area (Å²) >= 11 is 0. The molecule has 0 amide bonds. The number of rotatable bonds is 9. The number of likely N-dealkylation sites (tertiary alicyclic amines) is 1. The number of phenols is 1. The summed E-state index contributed by atoms with van der Waals surface area (Å²) in [5.41, 5.74) is 5.79. The fraction of sp³-hybridized carbons (Fsp3) is 0.310. The first-order valence-corrected chi connectivity index (χ1v) is 11.8. The van der Waals surface area contributed by atoms with Crippen molar-refractivity contribution in [1.82, 2.24) is 4.90 Å². The summed E-state index contributed by atoms with van der Waals surface area (Å²) in [5.74, 6) is 1.28. The molecule has 4 heteroatoms. The molecule has 33 heavy (non-hydrogen) atoms. The van der Waals surface area contributed by atoms with E-state index in [2.05, 4.69) is 48.2 Å². The molecule has 1 aliphatic rings. The van der Waals surface area contributed by atoms with Gasteiger partial charge in [-0.15, -0.1) is 0 Å². The van der Waals surface area contributed by atoms with Crippen LogP contribution in [0.3, 0.4) is 0 Å². The normalized spacial score (nSPS) is 17.1. The van der Waals surface area contributed by atoms with Gasteiger partial charge in [-0.05, 0) is 71.5 Å². The van der Waals surface area contributed by atoms with Crippen LogP contribution in [0, 0.1) is 5.92 Å². The number of phenolic OH excluding ortho intramolecular Hbond substituents is 1. The zero-order valence-corrected chi connectivity index (χ0v) is 19.2. The van der Waals surface area contributed by atoms with Crippen molar-refractivity contribution in [2.45, 2.75) is 19.8 Å². The molecule has 172 valence electrons. The fourth-order valence-electron chi connectivity index (χ4n) is 4.56. The Morgan fingerprint density at radius 3 is 2.21 bits per heavy atom. The minimum atomic E-state index is -0.224. The van der Waals surface area contributed by atoms with Gasteiger partial charge in [0.2, 0.25) is 0 Å². The van der Waals surface area contributed by atoms with Gasteiger partial charge in [-0.1, -0.05) is 61.5 Å². The summed E-state index contributed by atoms with van der Waals surface area (Å²) in [6.45, 7) is 5.16. The number of nitrogens with zero attached hydrogens (tertiary/aromatic N) is 1. The molecule has 0 radical (unpaired) electrons. The Hall–Kier alpha value is -3.11. The van der Waals surface area contributed by atoms with Gasteiger partial charge in [0.25, 0.3) is 0 Å². The molecular formula is C29H32FNO2. The Labute approximate surface area is 196 Å². The SMILES string of the molecule is CCC(=C(c1ccc(O)cc1)c1ccc(OCCN2CCC(CF)C2)cc1)c1ccccc1. The molecule has 1 unspecified atom stereocenters. The Bertz CT molecular complexity index is 1050. The van der Waals surface area contributed by atoms with Crippen molar-refractivity contribution in [3.8, 4) is 11.5 Å². The van der Waals surface area contributed by atoms with E-state index in [-0.39, 0.29) is 18.3 Å². The molecule has 3 aromatic rings. The Morgan fingerprint density at radius 2 is 1.61 bits per heavy atom. The largest absolute Gasteiger partial charge is 0.508 e. The average molecular weight is 446 g/mol. The predicted octanol–water partition coefficient (Wildman–Crippen LogP) is 6.43. The summed E-state index contributed by atoms with van der Waals surface area (Å²) < 4.78 is 18.8. The number of halogens is 1. The molecule has 1 heterocycles. The van der Waals surface area contributed by atoms with Crippen molar-refractivity contribution in [1.29, 1.82) is 0 Å². The van der Waals surface area contributed by atoms with Crippen molar-refractivity contribution in [2.75, 3.05) is 32.9 Å². The highest BCUT2D eigenvalue weighted by atomic mass is 19.1. The van der Waals surface area contributed by atoms with Crippen molar-refractivity contribution in [3.05, 3.63) is 95.6 Å². The van der Waals surface area contributed by atoms with Crippen molar-refractivity contribution >= 4 is 11.1 Å². The lowest BCUT2D eigenvalue weighted by molar-refractivity contribution is 0.228. The van der Waals surface area contributed by atoms with Crippen LogP contribution in [0.2, 0.25) is 0 Å². The zero-order valence-electron chi connectivity index (χ0n) is 19.2. The molecule has 1 atom stereocenters. The number of hydrogen-bond donors (Lipinski definition) is 1. The number of benzene rings is 3. The summed E-state index contributed by atoms with van der Waals surface area (Å²) in [6.07, 6.45) is 1.83. The van der Waals surface area contributed by atoms with E-state index in [1.165, 1.54) is 11.1 Å². The summed E-state index contributed by atoms with van der Waals surface area (Å²) in [6, 6.07) is 26.1. The van der Waals surface area contributed by atoms with E-state index in [9.17, 15) is 9.50 Å². The topological polar surface area (TPSA) is 32.7 Å². The molecule has 1 saturated heterocycles. The maximum atomic E-state index is 12.8. The maximum absolute atomic E-state index is 12.8. The molecule has 1 N–H and O–H groups in total. The highest BCUT2D eigenvalue weighted by molar-refractivity contribution is 5.98. The van der Waals surface area contributed by atoms with E-state index in [1.54, 1.807) is 12.1 Å². The van der Waals surface area contributed by atoms with Gasteiger partial charge < -0.3 is 9.84 Å². The van der Waals surface area contributed by atoms with Crippen LogP contribution in [-0.4, -0.2) is 42.9 Å². The van der Waals surface area contributed by atoms with Crippen molar-refractivity contribution in [2.24, 2.45) is 5.92 Å². The van der Waals surface area contributed by atoms with E-state index in [0.717, 1.165) is 54.9 Å². The molecule has 1 aliphatic heterocycles. The third kappa shape index (κ3) is 5.82. The Balaban J connectivity index is 1.55. The molecule has 0 aliphatic carbocycles. The minimum Gasteiger partial charge on any atom is -0.508 e. The second-order valence-electron chi connectivity index (χ2n) is 8.60. The second kappa shape index (κ2) is 11.2. The van der Waals surface area contributed by atoms with Gasteiger partial charge in [0.05, 0.1) is 6.67 Å². The molecule has 0 spiro atoms. The number of allylic oxidation sites excluding steroid dienone is 1. The second-order valence-corrected chi connectivity index (χ2v) is 8.60. The monoisotopic (exact) mass is 445 g/mol. The van der Waals surface area contributed by atoms with Gasteiger partial charge in [0, 0.05) is 19.0 Å². The third-order valence-electron chi connectivity index (χ3n) is 6.34. The highest BCUT2D eigenvalue weighted by Crippen LogP contribution is 2.35. The standard InChI is InChI=1S/C29H32FNO2/c1-2-28(23-6-4-3-5-7-23)29(24-8-12-26(32)13-9-24)25-10-14-27(15-11-25)33-19-18-31-17-16-22(20-30)21-31/h3-15,22,32H,2,16-21H2,1H3. The predicted molar refractivity (Wildman–Crippen MR) is 133 cm³/mol. The van der Waals surface area contributed by atoms with Crippen LogP contribution in [0.4, 0.5) is 4.39 Å². The van der Waals surface area contributed by atoms with Gasteiger partial charge in [0.1, 0.15) is 18.1 Å². The van der Waals surface area contributed by atoms with E-state index in [1.807, 2.05) is 30.3 Å². The lowest BCUT2D eigenvalue weighted by Gasteiger charge is -2.18. The Morgan fingerprint density at radius 1 is 0.939 bits per heavy atom. The molecular weight excluding hydrogens is 413 g/mol. The van der Waals surface area contributed by atoms with Gasteiger partial charge >= 0.3 is 0 Å². The first-order chi connectivity index (χ1) is 16.2. The van der Waals surface area contributed by atoms with Gasteiger partial charge in [-0.2, -0.15) is 0 Å². The third-order valence-corrected chi connectivity index (χ3v) is 6.34. The summed E-state index contributed by atoms with van der Waals surface area (Å²) in [7, 11) is 0. The first-order valence-electron chi connectivity index (χ1n) is 11.8. The number of aromatic hydroxyl groups is 1. The molecule has 3 aromatic carbocycles. The zero-order chi connectivity index (χ0) is 23.0. The minimum absolute atomic E-state index is 0.187.